The van der Waals surface area contributed by atoms with Gasteiger partial charge in [0.05, 0.1) is 6.04 Å². The molecule has 0 aliphatic rings. The highest BCUT2D eigenvalue weighted by Gasteiger charge is 2.20. The maximum atomic E-state index is 12.0. The molecule has 5 nitrogen and oxygen atoms in total. The van der Waals surface area contributed by atoms with Gasteiger partial charge >= 0.3 is 6.03 Å². The Balaban J connectivity index is 2.57. The Morgan fingerprint density at radius 3 is 2.43 bits per heavy atom. The summed E-state index contributed by atoms with van der Waals surface area (Å²) in [5.74, 6) is -0.317. The van der Waals surface area contributed by atoms with Gasteiger partial charge in [-0.2, -0.15) is 0 Å². The van der Waals surface area contributed by atoms with E-state index >= 15 is 0 Å². The Morgan fingerprint density at radius 1 is 1.24 bits per heavy atom. The lowest BCUT2D eigenvalue weighted by atomic mass is 10.2. The smallest absolute Gasteiger partial charge is 0.321 e. The zero-order valence-electron chi connectivity index (χ0n) is 12.8. The minimum Gasteiger partial charge on any atom is -0.336 e. The zero-order chi connectivity index (χ0) is 16.0. The SMILES string of the molecule is CC(C)NC(=O)NC(=O)C(C)N(C)Cc1ccccc1Br. The van der Waals surface area contributed by atoms with Gasteiger partial charge in [0.2, 0.25) is 5.91 Å². The molecule has 1 rings (SSSR count). The fourth-order valence-electron chi connectivity index (χ4n) is 1.75. The first-order chi connectivity index (χ1) is 9.81. The Bertz CT molecular complexity index is 505. The van der Waals surface area contributed by atoms with Gasteiger partial charge in [-0.1, -0.05) is 34.1 Å². The molecule has 0 spiro atoms. The van der Waals surface area contributed by atoms with E-state index in [0.29, 0.717) is 6.54 Å². The number of amides is 3. The molecule has 2 N–H and O–H groups in total. The molecule has 3 amide bonds. The second-order valence-electron chi connectivity index (χ2n) is 5.30. The van der Waals surface area contributed by atoms with Crippen molar-refractivity contribution in [2.24, 2.45) is 0 Å². The van der Waals surface area contributed by atoms with Crippen LogP contribution in [-0.2, 0) is 11.3 Å². The minimum atomic E-state index is -0.462. The standard InChI is InChI=1S/C15H22BrN3O2/c1-10(2)17-15(21)18-14(20)11(3)19(4)9-12-7-5-6-8-13(12)16/h5-8,10-11H,9H2,1-4H3,(H2,17,18,20,21). The van der Waals surface area contributed by atoms with Gasteiger partial charge < -0.3 is 5.32 Å². The predicted molar refractivity (Wildman–Crippen MR) is 86.9 cm³/mol. The summed E-state index contributed by atoms with van der Waals surface area (Å²) in [6, 6.07) is 6.98. The third-order valence-corrected chi connectivity index (χ3v) is 3.85. The van der Waals surface area contributed by atoms with Crippen LogP contribution in [0.15, 0.2) is 28.7 Å². The van der Waals surface area contributed by atoms with Gasteiger partial charge in [-0.3, -0.25) is 15.0 Å². The number of urea groups is 1. The van der Waals surface area contributed by atoms with E-state index < -0.39 is 12.1 Å². The van der Waals surface area contributed by atoms with E-state index in [4.69, 9.17) is 0 Å². The van der Waals surface area contributed by atoms with Gasteiger partial charge in [-0.25, -0.2) is 4.79 Å². The largest absolute Gasteiger partial charge is 0.336 e. The van der Waals surface area contributed by atoms with E-state index in [1.54, 1.807) is 6.92 Å². The van der Waals surface area contributed by atoms with Gasteiger partial charge in [0.25, 0.3) is 0 Å². The highest BCUT2D eigenvalue weighted by atomic mass is 79.9. The Morgan fingerprint density at radius 2 is 1.86 bits per heavy atom. The number of hydrogen-bond donors (Lipinski definition) is 2. The van der Waals surface area contributed by atoms with Gasteiger partial charge in [-0.05, 0) is 39.4 Å². The summed E-state index contributed by atoms with van der Waals surface area (Å²) in [4.78, 5) is 25.4. The van der Waals surface area contributed by atoms with Crippen molar-refractivity contribution in [1.29, 1.82) is 0 Å². The molecule has 6 heteroatoms. The van der Waals surface area contributed by atoms with Crippen molar-refractivity contribution in [1.82, 2.24) is 15.5 Å². The molecule has 0 heterocycles. The number of carbonyl (C=O) groups is 2. The first kappa shape index (κ1) is 17.7. The number of nitrogens with zero attached hydrogens (tertiary/aromatic N) is 1. The van der Waals surface area contributed by atoms with Crippen molar-refractivity contribution < 1.29 is 9.59 Å². The molecule has 0 radical (unpaired) electrons. The second kappa shape index (κ2) is 8.14. The van der Waals surface area contributed by atoms with Crippen LogP contribution in [0.2, 0.25) is 0 Å². The summed E-state index contributed by atoms with van der Waals surface area (Å²) >= 11 is 3.49. The van der Waals surface area contributed by atoms with Crippen molar-refractivity contribution in [2.75, 3.05) is 7.05 Å². The van der Waals surface area contributed by atoms with Crippen molar-refractivity contribution in [3.05, 3.63) is 34.3 Å². The van der Waals surface area contributed by atoms with Gasteiger partial charge in [0.1, 0.15) is 0 Å². The highest BCUT2D eigenvalue weighted by molar-refractivity contribution is 9.10. The van der Waals surface area contributed by atoms with Crippen LogP contribution in [0, 0.1) is 0 Å². The molecule has 0 saturated carbocycles. The summed E-state index contributed by atoms with van der Waals surface area (Å²) in [5, 5.41) is 4.98. The van der Waals surface area contributed by atoms with Crippen molar-refractivity contribution in [3.8, 4) is 0 Å². The molecule has 0 aliphatic heterocycles. The van der Waals surface area contributed by atoms with E-state index in [-0.39, 0.29) is 11.9 Å². The lowest BCUT2D eigenvalue weighted by molar-refractivity contribution is -0.124. The fourth-order valence-corrected chi connectivity index (χ4v) is 2.16. The lowest BCUT2D eigenvalue weighted by Crippen LogP contribution is -2.49. The molecular formula is C15H22BrN3O2. The molecule has 0 aliphatic carbocycles. The van der Waals surface area contributed by atoms with Crippen molar-refractivity contribution in [2.45, 2.75) is 39.4 Å². The van der Waals surface area contributed by atoms with E-state index in [0.717, 1.165) is 10.0 Å². The zero-order valence-corrected chi connectivity index (χ0v) is 14.4. The molecule has 1 aromatic rings. The number of hydrogen-bond acceptors (Lipinski definition) is 3. The van der Waals surface area contributed by atoms with Crippen LogP contribution in [0.4, 0.5) is 4.79 Å². The Labute approximate surface area is 134 Å². The van der Waals surface area contributed by atoms with Crippen LogP contribution in [0.5, 0.6) is 0 Å². The molecule has 0 fully saturated rings. The highest BCUT2D eigenvalue weighted by Crippen LogP contribution is 2.18. The number of likely N-dealkylation sites (N-methyl/N-ethyl adjacent to an activating group) is 1. The topological polar surface area (TPSA) is 61.4 Å². The summed E-state index contributed by atoms with van der Waals surface area (Å²) in [7, 11) is 1.85. The van der Waals surface area contributed by atoms with E-state index in [1.807, 2.05) is 50.1 Å². The average Bonchev–Trinajstić information content (AvgIpc) is 2.39. The number of carbonyl (C=O) groups excluding carboxylic acids is 2. The second-order valence-corrected chi connectivity index (χ2v) is 6.15. The molecule has 1 atom stereocenters. The number of rotatable bonds is 5. The molecule has 0 saturated heterocycles. The maximum absolute atomic E-state index is 12.0. The number of benzene rings is 1. The quantitative estimate of drug-likeness (QED) is 0.852. The number of imide groups is 1. The summed E-state index contributed by atoms with van der Waals surface area (Å²) in [6.07, 6.45) is 0. The normalized spacial score (nSPS) is 12.3. The van der Waals surface area contributed by atoms with Gasteiger partial charge in [0.15, 0.2) is 0 Å². The van der Waals surface area contributed by atoms with Crippen LogP contribution in [0.25, 0.3) is 0 Å². The monoisotopic (exact) mass is 355 g/mol. The summed E-state index contributed by atoms with van der Waals surface area (Å²) < 4.78 is 1.00. The van der Waals surface area contributed by atoms with Crippen molar-refractivity contribution >= 4 is 27.9 Å². The predicted octanol–water partition coefficient (Wildman–Crippen LogP) is 2.50. The molecule has 1 unspecified atom stereocenters. The first-order valence-electron chi connectivity index (χ1n) is 6.86. The number of nitrogens with one attached hydrogen (secondary N) is 2. The number of halogens is 1. The fraction of sp³-hybridized carbons (Fsp3) is 0.467. The van der Waals surface area contributed by atoms with E-state index in [2.05, 4.69) is 26.6 Å². The third kappa shape index (κ3) is 5.85. The lowest BCUT2D eigenvalue weighted by Gasteiger charge is -2.24. The van der Waals surface area contributed by atoms with Crippen LogP contribution in [0.1, 0.15) is 26.3 Å². The molecule has 0 bridgehead atoms. The van der Waals surface area contributed by atoms with Crippen molar-refractivity contribution in [3.63, 3.8) is 0 Å². The van der Waals surface area contributed by atoms with Gasteiger partial charge in [-0.15, -0.1) is 0 Å². The molecule has 116 valence electrons. The van der Waals surface area contributed by atoms with Crippen LogP contribution in [-0.4, -0.2) is 36.0 Å². The van der Waals surface area contributed by atoms with Crippen LogP contribution in [0.3, 0.4) is 0 Å². The summed E-state index contributed by atoms with van der Waals surface area (Å²) in [5.41, 5.74) is 1.09. The average molecular weight is 356 g/mol. The third-order valence-electron chi connectivity index (χ3n) is 3.07. The maximum Gasteiger partial charge on any atom is 0.321 e. The van der Waals surface area contributed by atoms with E-state index in [9.17, 15) is 9.59 Å². The first-order valence-corrected chi connectivity index (χ1v) is 7.65. The Kier molecular flexibility index (Phi) is 6.84. The van der Waals surface area contributed by atoms with Crippen LogP contribution < -0.4 is 10.6 Å². The molecule has 0 aromatic heterocycles. The molecular weight excluding hydrogens is 334 g/mol. The van der Waals surface area contributed by atoms with E-state index in [1.165, 1.54) is 0 Å². The van der Waals surface area contributed by atoms with Gasteiger partial charge in [0, 0.05) is 17.1 Å². The molecule has 21 heavy (non-hydrogen) atoms. The Hall–Kier alpha value is -1.40. The van der Waals surface area contributed by atoms with Crippen LogP contribution >= 0.6 is 15.9 Å². The molecule has 1 aromatic carbocycles. The summed E-state index contributed by atoms with van der Waals surface area (Å²) in [6.45, 7) is 6.07. The minimum absolute atomic E-state index is 0.00823.